The molecular formula is C10H8BrN7O2S. The van der Waals surface area contributed by atoms with E-state index in [9.17, 15) is 8.42 Å². The highest BCUT2D eigenvalue weighted by molar-refractivity contribution is 9.10. The number of nitrogens with one attached hydrogen (secondary N) is 2. The Morgan fingerprint density at radius 2 is 2.29 bits per heavy atom. The number of anilines is 1. The Morgan fingerprint density at radius 3 is 2.86 bits per heavy atom. The van der Waals surface area contributed by atoms with Gasteiger partial charge in [-0.2, -0.15) is 10.5 Å². The molecule has 9 nitrogen and oxygen atoms in total. The summed E-state index contributed by atoms with van der Waals surface area (Å²) >= 11 is 3.22. The number of rotatable bonds is 4. The Hall–Kier alpha value is -2.29. The summed E-state index contributed by atoms with van der Waals surface area (Å²) in [6, 6.07) is 6.37. The molecule has 0 aliphatic rings. The molecule has 0 spiro atoms. The number of H-pyrrole nitrogens is 1. The number of nitriles is 1. The normalized spacial score (nSPS) is 12.0. The number of primary sulfonamides is 1. The number of sulfonamides is 1. The van der Waals surface area contributed by atoms with Crippen LogP contribution in [0.2, 0.25) is 0 Å². The van der Waals surface area contributed by atoms with Gasteiger partial charge >= 0.3 is 0 Å². The molecule has 0 fully saturated rings. The van der Waals surface area contributed by atoms with Crippen molar-refractivity contribution >= 4 is 37.2 Å². The van der Waals surface area contributed by atoms with Crippen LogP contribution in [0, 0.1) is 11.3 Å². The molecule has 0 unspecified atom stereocenters. The largest absolute Gasteiger partial charge is 0.358 e. The Balaban J connectivity index is 2.43. The summed E-state index contributed by atoms with van der Waals surface area (Å²) in [6.45, 7) is 0. The Labute approximate surface area is 128 Å². The molecule has 0 aliphatic carbocycles. The van der Waals surface area contributed by atoms with Crippen LogP contribution in [0.1, 0.15) is 5.82 Å². The third-order valence-electron chi connectivity index (χ3n) is 2.35. The second-order valence-electron chi connectivity index (χ2n) is 3.71. The predicted octanol–water partition coefficient (Wildman–Crippen LogP) is 0.586. The number of aromatic amines is 1. The summed E-state index contributed by atoms with van der Waals surface area (Å²) in [7, 11) is -3.92. The molecule has 0 radical (unpaired) electrons. The van der Waals surface area contributed by atoms with Crippen molar-refractivity contribution in [2.24, 2.45) is 5.14 Å². The van der Waals surface area contributed by atoms with Crippen molar-refractivity contribution in [3.63, 3.8) is 0 Å². The molecule has 108 valence electrons. The van der Waals surface area contributed by atoms with Crippen molar-refractivity contribution in [1.82, 2.24) is 20.6 Å². The van der Waals surface area contributed by atoms with Gasteiger partial charge in [0, 0.05) is 10.7 Å². The molecule has 0 saturated carbocycles. The zero-order valence-corrected chi connectivity index (χ0v) is 12.7. The first-order chi connectivity index (χ1) is 9.93. The van der Waals surface area contributed by atoms with Gasteiger partial charge in [0.15, 0.2) is 0 Å². The fourth-order valence-corrected chi connectivity index (χ4v) is 2.78. The van der Waals surface area contributed by atoms with Gasteiger partial charge in [0.2, 0.25) is 15.8 Å². The van der Waals surface area contributed by atoms with Gasteiger partial charge in [0.25, 0.3) is 0 Å². The van der Waals surface area contributed by atoms with Crippen LogP contribution in [-0.4, -0.2) is 29.0 Å². The van der Waals surface area contributed by atoms with Gasteiger partial charge in [0.1, 0.15) is 16.5 Å². The third kappa shape index (κ3) is 3.43. The average Bonchev–Trinajstić information content (AvgIpc) is 2.93. The number of aromatic nitrogens is 4. The van der Waals surface area contributed by atoms with Gasteiger partial charge in [-0.05, 0) is 33.3 Å². The van der Waals surface area contributed by atoms with Crippen molar-refractivity contribution in [1.29, 1.82) is 5.26 Å². The molecule has 0 amide bonds. The lowest BCUT2D eigenvalue weighted by molar-refractivity contribution is 0.598. The van der Waals surface area contributed by atoms with Crippen LogP contribution in [0.25, 0.3) is 5.57 Å². The van der Waals surface area contributed by atoms with E-state index in [0.29, 0.717) is 4.47 Å². The number of hydrogen-bond acceptors (Lipinski definition) is 7. The molecule has 0 bridgehead atoms. The summed E-state index contributed by atoms with van der Waals surface area (Å²) in [5.41, 5.74) is 0.274. The number of halogens is 1. The van der Waals surface area contributed by atoms with Crippen molar-refractivity contribution in [3.05, 3.63) is 34.7 Å². The van der Waals surface area contributed by atoms with Gasteiger partial charge in [-0.3, -0.25) is 0 Å². The smallest absolute Gasteiger partial charge is 0.240 e. The zero-order valence-electron chi connectivity index (χ0n) is 10.3. The maximum Gasteiger partial charge on any atom is 0.240 e. The molecule has 2 aromatic rings. The molecule has 0 saturated heterocycles. The summed E-state index contributed by atoms with van der Waals surface area (Å²) < 4.78 is 23.5. The molecule has 21 heavy (non-hydrogen) atoms. The fraction of sp³-hybridized carbons (Fsp3) is 0. The van der Waals surface area contributed by atoms with E-state index < -0.39 is 10.0 Å². The number of nitrogens with zero attached hydrogens (tertiary/aromatic N) is 4. The van der Waals surface area contributed by atoms with Crippen LogP contribution in [0.4, 0.5) is 5.69 Å². The number of tetrazole rings is 1. The van der Waals surface area contributed by atoms with Crippen LogP contribution < -0.4 is 10.5 Å². The maximum atomic E-state index is 11.5. The quantitative estimate of drug-likeness (QED) is 0.666. The Bertz CT molecular complexity index is 824. The lowest BCUT2D eigenvalue weighted by Gasteiger charge is -2.09. The summed E-state index contributed by atoms with van der Waals surface area (Å²) in [6.07, 6.45) is 1.26. The molecule has 1 aromatic carbocycles. The second-order valence-corrected chi connectivity index (χ2v) is 6.09. The maximum absolute atomic E-state index is 11.5. The highest BCUT2D eigenvalue weighted by Gasteiger charge is 2.16. The van der Waals surface area contributed by atoms with Crippen LogP contribution in [0.3, 0.4) is 0 Å². The van der Waals surface area contributed by atoms with E-state index in [2.05, 4.69) is 41.9 Å². The number of nitrogens with two attached hydrogens (primary N) is 1. The first-order valence-corrected chi connectivity index (χ1v) is 7.69. The molecule has 2 rings (SSSR count). The third-order valence-corrected chi connectivity index (χ3v) is 3.96. The molecule has 0 aliphatic heterocycles. The van der Waals surface area contributed by atoms with Gasteiger partial charge in [-0.15, -0.1) is 10.2 Å². The molecule has 1 heterocycles. The summed E-state index contributed by atoms with van der Waals surface area (Å²) in [4.78, 5) is -0.112. The van der Waals surface area contributed by atoms with E-state index in [1.165, 1.54) is 18.3 Å². The van der Waals surface area contributed by atoms with Crippen LogP contribution in [-0.2, 0) is 10.0 Å². The van der Waals surface area contributed by atoms with Crippen molar-refractivity contribution in [2.45, 2.75) is 4.90 Å². The SMILES string of the molecule is N#CC(=CNc1c(Br)cccc1S(N)(=O)=O)c1nn[nH]n1. The zero-order chi connectivity index (χ0) is 15.5. The van der Waals surface area contributed by atoms with Gasteiger partial charge < -0.3 is 5.32 Å². The molecule has 1 aromatic heterocycles. The number of benzene rings is 1. The summed E-state index contributed by atoms with van der Waals surface area (Å²) in [5, 5.41) is 29.8. The molecular weight excluding hydrogens is 362 g/mol. The van der Waals surface area contributed by atoms with E-state index in [-0.39, 0.29) is 22.0 Å². The topological polar surface area (TPSA) is 150 Å². The van der Waals surface area contributed by atoms with Gasteiger partial charge in [-0.25, -0.2) is 13.6 Å². The first kappa shape index (κ1) is 15.1. The van der Waals surface area contributed by atoms with Crippen LogP contribution in [0.15, 0.2) is 33.8 Å². The highest BCUT2D eigenvalue weighted by Crippen LogP contribution is 2.29. The van der Waals surface area contributed by atoms with E-state index >= 15 is 0 Å². The number of hydrogen-bond donors (Lipinski definition) is 3. The molecule has 0 atom stereocenters. The van der Waals surface area contributed by atoms with E-state index in [4.69, 9.17) is 10.4 Å². The second kappa shape index (κ2) is 6.00. The minimum atomic E-state index is -3.92. The lowest BCUT2D eigenvalue weighted by atomic mass is 10.3. The fourth-order valence-electron chi connectivity index (χ4n) is 1.45. The monoisotopic (exact) mass is 369 g/mol. The van der Waals surface area contributed by atoms with E-state index in [0.717, 1.165) is 0 Å². The van der Waals surface area contributed by atoms with Crippen molar-refractivity contribution in [2.75, 3.05) is 5.32 Å². The van der Waals surface area contributed by atoms with Crippen LogP contribution in [0.5, 0.6) is 0 Å². The Kier molecular flexibility index (Phi) is 4.32. The first-order valence-electron chi connectivity index (χ1n) is 5.35. The minimum Gasteiger partial charge on any atom is -0.358 e. The predicted molar refractivity (Wildman–Crippen MR) is 76.9 cm³/mol. The highest BCUT2D eigenvalue weighted by atomic mass is 79.9. The van der Waals surface area contributed by atoms with E-state index in [1.54, 1.807) is 6.07 Å². The molecule has 4 N–H and O–H groups in total. The van der Waals surface area contributed by atoms with Gasteiger partial charge in [0.05, 0.1) is 5.69 Å². The van der Waals surface area contributed by atoms with Gasteiger partial charge in [-0.1, -0.05) is 6.07 Å². The standard InChI is InChI=1S/C10H8BrN7O2S/c11-7-2-1-3-8(21(13,19)20)9(7)14-5-6(4-12)10-15-17-18-16-10/h1-3,5,14H,(H2,13,19,20)(H,15,16,17,18). The summed E-state index contributed by atoms with van der Waals surface area (Å²) in [5.74, 6) is 0.0780. The lowest BCUT2D eigenvalue weighted by Crippen LogP contribution is -2.14. The average molecular weight is 370 g/mol. The number of para-hydroxylation sites is 1. The molecule has 11 heteroatoms. The van der Waals surface area contributed by atoms with E-state index in [1.807, 2.05) is 6.07 Å². The van der Waals surface area contributed by atoms with Crippen molar-refractivity contribution < 1.29 is 8.42 Å². The Morgan fingerprint density at radius 1 is 1.52 bits per heavy atom. The van der Waals surface area contributed by atoms with Crippen molar-refractivity contribution in [3.8, 4) is 6.07 Å². The van der Waals surface area contributed by atoms with Crippen LogP contribution >= 0.6 is 15.9 Å². The minimum absolute atomic E-state index is 0.0693. The number of allylic oxidation sites excluding steroid dienone is 1.